The molecule has 0 aliphatic carbocycles. The first-order chi connectivity index (χ1) is 2.89. The zero-order valence-electron chi connectivity index (χ0n) is 3.52. The number of ether oxygens (including phenoxy) is 1. The molecule has 1 rings (SSSR count). The van der Waals surface area contributed by atoms with E-state index in [1.807, 2.05) is 0 Å². The molecule has 0 spiro atoms. The van der Waals surface area contributed by atoms with Gasteiger partial charge in [-0.25, -0.2) is 0 Å². The molecular formula is C4H7OSe. The molecule has 1 nitrogen and oxygen atoms in total. The molecule has 1 aliphatic heterocycles. The fourth-order valence-corrected chi connectivity index (χ4v) is 1.10. The average Bonchev–Trinajstić information content (AvgIpc) is 1.86. The van der Waals surface area contributed by atoms with Gasteiger partial charge in [-0.1, -0.05) is 0 Å². The average molecular weight is 150 g/mol. The van der Waals surface area contributed by atoms with Gasteiger partial charge in [-0.05, 0) is 0 Å². The van der Waals surface area contributed by atoms with Crippen LogP contribution in [0, 0.1) is 0 Å². The predicted octanol–water partition coefficient (Wildman–Crippen LogP) is 0.291. The first kappa shape index (κ1) is 4.63. The molecule has 1 aliphatic rings. The minimum atomic E-state index is 0.421. The Kier molecular flexibility index (Phi) is 1.52. The molecule has 0 aromatic rings. The Morgan fingerprint density at radius 3 is 2.67 bits per heavy atom. The first-order valence-electron chi connectivity index (χ1n) is 2.17. The van der Waals surface area contributed by atoms with Crippen molar-refractivity contribution in [3.8, 4) is 0 Å². The van der Waals surface area contributed by atoms with Gasteiger partial charge in [-0.15, -0.1) is 0 Å². The van der Waals surface area contributed by atoms with Gasteiger partial charge in [-0.2, -0.15) is 0 Å². The van der Waals surface area contributed by atoms with Crippen molar-refractivity contribution in [2.75, 3.05) is 6.61 Å². The molecular weight excluding hydrogens is 143 g/mol. The maximum absolute atomic E-state index is 5.10. The second-order valence-corrected chi connectivity index (χ2v) is 2.55. The van der Waals surface area contributed by atoms with Crippen LogP contribution in [0.2, 0.25) is 0 Å². The van der Waals surface area contributed by atoms with Crippen molar-refractivity contribution < 1.29 is 4.74 Å². The summed E-state index contributed by atoms with van der Waals surface area (Å²) in [6.45, 7) is 0.956. The Balaban J connectivity index is 2.18. The molecule has 1 saturated heterocycles. The van der Waals surface area contributed by atoms with E-state index in [0.717, 1.165) is 6.61 Å². The minimum absolute atomic E-state index is 0.421. The molecule has 35 valence electrons. The number of hydrogen-bond acceptors (Lipinski definition) is 1. The normalized spacial score (nSPS) is 34.5. The van der Waals surface area contributed by atoms with Gasteiger partial charge in [0.25, 0.3) is 0 Å². The Morgan fingerprint density at radius 1 is 1.67 bits per heavy atom. The molecule has 1 heterocycles. The zero-order valence-corrected chi connectivity index (χ0v) is 5.23. The molecule has 0 saturated carbocycles. The second-order valence-electron chi connectivity index (χ2n) is 1.44. The van der Waals surface area contributed by atoms with Gasteiger partial charge >= 0.3 is 45.2 Å². The van der Waals surface area contributed by atoms with Gasteiger partial charge in [0.1, 0.15) is 0 Å². The summed E-state index contributed by atoms with van der Waals surface area (Å²) in [6.07, 6.45) is 2.44. The second kappa shape index (κ2) is 1.97. The fourth-order valence-electron chi connectivity index (χ4n) is 0.548. The summed E-state index contributed by atoms with van der Waals surface area (Å²) < 4.78 is 5.10. The van der Waals surface area contributed by atoms with Crippen molar-refractivity contribution in [2.45, 2.75) is 17.8 Å². The summed E-state index contributed by atoms with van der Waals surface area (Å²) in [6, 6.07) is 0. The molecule has 2 heteroatoms. The molecule has 1 unspecified atom stereocenters. The van der Waals surface area contributed by atoms with Gasteiger partial charge in [-0.3, -0.25) is 0 Å². The Bertz CT molecular complexity index is 40.8. The summed E-state index contributed by atoms with van der Waals surface area (Å²) in [5.41, 5.74) is 0. The Hall–Kier alpha value is 0.479. The van der Waals surface area contributed by atoms with Crippen molar-refractivity contribution in [1.82, 2.24) is 0 Å². The van der Waals surface area contributed by atoms with E-state index < -0.39 is 0 Å². The quantitative estimate of drug-likeness (QED) is 0.451. The Labute approximate surface area is 45.9 Å². The van der Waals surface area contributed by atoms with Crippen LogP contribution < -0.4 is 0 Å². The molecule has 0 aromatic heterocycles. The van der Waals surface area contributed by atoms with Gasteiger partial charge in [0.2, 0.25) is 0 Å². The zero-order chi connectivity index (χ0) is 4.41. The molecule has 0 aromatic carbocycles. The monoisotopic (exact) mass is 151 g/mol. The van der Waals surface area contributed by atoms with Crippen molar-refractivity contribution in [2.24, 2.45) is 0 Å². The third kappa shape index (κ3) is 0.969. The van der Waals surface area contributed by atoms with E-state index in [4.69, 9.17) is 4.74 Å². The van der Waals surface area contributed by atoms with E-state index >= 15 is 0 Å². The molecule has 0 amide bonds. The van der Waals surface area contributed by atoms with Gasteiger partial charge < -0.3 is 0 Å². The van der Waals surface area contributed by atoms with Crippen LogP contribution in [0.15, 0.2) is 0 Å². The summed E-state index contributed by atoms with van der Waals surface area (Å²) in [5, 5.41) is 0.421. The van der Waals surface area contributed by atoms with Crippen LogP contribution in [-0.2, 0) is 4.74 Å². The van der Waals surface area contributed by atoms with Crippen LogP contribution in [-0.4, -0.2) is 27.6 Å². The molecule has 1 radical (unpaired) electrons. The fraction of sp³-hybridized carbons (Fsp3) is 1.00. The van der Waals surface area contributed by atoms with Crippen molar-refractivity contribution in [1.29, 1.82) is 0 Å². The van der Waals surface area contributed by atoms with Crippen LogP contribution in [0.4, 0.5) is 0 Å². The van der Waals surface area contributed by atoms with Gasteiger partial charge in [0, 0.05) is 0 Å². The third-order valence-electron chi connectivity index (χ3n) is 0.888. The topological polar surface area (TPSA) is 9.23 Å². The van der Waals surface area contributed by atoms with Crippen LogP contribution in [0.1, 0.15) is 12.8 Å². The van der Waals surface area contributed by atoms with E-state index in [-0.39, 0.29) is 0 Å². The molecule has 1 atom stereocenters. The van der Waals surface area contributed by atoms with E-state index in [0.29, 0.717) is 5.00 Å². The SMILES string of the molecule is [Se]C1CCCO1. The molecule has 1 fully saturated rings. The van der Waals surface area contributed by atoms with Crippen LogP contribution >= 0.6 is 0 Å². The predicted molar refractivity (Wildman–Crippen MR) is 24.7 cm³/mol. The van der Waals surface area contributed by atoms with E-state index in [1.54, 1.807) is 0 Å². The van der Waals surface area contributed by atoms with E-state index in [1.165, 1.54) is 12.8 Å². The first-order valence-corrected chi connectivity index (χ1v) is 3.16. The maximum atomic E-state index is 5.10. The molecule has 0 N–H and O–H groups in total. The van der Waals surface area contributed by atoms with Gasteiger partial charge in [0.05, 0.1) is 0 Å². The van der Waals surface area contributed by atoms with Crippen LogP contribution in [0.25, 0.3) is 0 Å². The van der Waals surface area contributed by atoms with Gasteiger partial charge in [0.15, 0.2) is 0 Å². The van der Waals surface area contributed by atoms with Crippen molar-refractivity contribution in [3.05, 3.63) is 0 Å². The molecule has 6 heavy (non-hydrogen) atoms. The standard InChI is InChI=1S/C4H7OSe/c6-4-2-1-3-5-4/h4H,1-3H2. The number of rotatable bonds is 0. The van der Waals surface area contributed by atoms with Crippen LogP contribution in [0.5, 0.6) is 0 Å². The summed E-state index contributed by atoms with van der Waals surface area (Å²) in [7, 11) is 0. The van der Waals surface area contributed by atoms with E-state index in [2.05, 4.69) is 16.0 Å². The summed E-state index contributed by atoms with van der Waals surface area (Å²) in [5.74, 6) is 0. The van der Waals surface area contributed by atoms with Crippen LogP contribution in [0.3, 0.4) is 0 Å². The number of hydrogen-bond donors (Lipinski definition) is 0. The van der Waals surface area contributed by atoms with Crippen molar-refractivity contribution >= 4 is 16.0 Å². The van der Waals surface area contributed by atoms with Crippen molar-refractivity contribution in [3.63, 3.8) is 0 Å². The summed E-state index contributed by atoms with van der Waals surface area (Å²) in [4.78, 5) is 0. The Morgan fingerprint density at radius 2 is 2.50 bits per heavy atom. The third-order valence-corrected chi connectivity index (χ3v) is 1.67. The summed E-state index contributed by atoms with van der Waals surface area (Å²) >= 11 is 2.92. The van der Waals surface area contributed by atoms with E-state index in [9.17, 15) is 0 Å². The molecule has 0 bridgehead atoms.